The number of anilines is 1. The standard InChI is InChI=1S/C15H9F2N3O4/c16-9-5-12(20(23)24)10(17)4-8(9)14(21)19-11-3-1-2-7-6-18-15(22)13(7)11/h1-5H,6H2,(H,18,22)(H,19,21). The molecule has 2 amide bonds. The summed E-state index contributed by atoms with van der Waals surface area (Å²) in [6.07, 6.45) is 0. The summed E-state index contributed by atoms with van der Waals surface area (Å²) in [5.74, 6) is -3.98. The first-order chi connectivity index (χ1) is 11.4. The summed E-state index contributed by atoms with van der Waals surface area (Å²) in [6, 6.07) is 5.52. The quantitative estimate of drug-likeness (QED) is 0.665. The van der Waals surface area contributed by atoms with Crippen LogP contribution in [0, 0.1) is 21.7 Å². The molecule has 9 heteroatoms. The monoisotopic (exact) mass is 333 g/mol. The first-order valence-electron chi connectivity index (χ1n) is 6.73. The number of nitro groups is 1. The molecule has 3 rings (SSSR count). The molecule has 0 unspecified atom stereocenters. The Labute approximate surface area is 133 Å². The van der Waals surface area contributed by atoms with Gasteiger partial charge in [-0.2, -0.15) is 4.39 Å². The summed E-state index contributed by atoms with van der Waals surface area (Å²) in [5.41, 5.74) is -0.717. The molecule has 1 aliphatic rings. The third kappa shape index (κ3) is 2.56. The molecule has 0 saturated heterocycles. The van der Waals surface area contributed by atoms with Crippen LogP contribution in [-0.2, 0) is 6.54 Å². The zero-order valence-corrected chi connectivity index (χ0v) is 11.9. The van der Waals surface area contributed by atoms with Gasteiger partial charge >= 0.3 is 5.69 Å². The summed E-state index contributed by atoms with van der Waals surface area (Å²) in [6.45, 7) is 0.304. The molecular weight excluding hydrogens is 324 g/mol. The highest BCUT2D eigenvalue weighted by molar-refractivity contribution is 6.10. The summed E-state index contributed by atoms with van der Waals surface area (Å²) in [7, 11) is 0. The average molecular weight is 333 g/mol. The molecule has 7 nitrogen and oxygen atoms in total. The molecule has 0 atom stereocenters. The van der Waals surface area contributed by atoms with Crippen molar-refractivity contribution in [2.45, 2.75) is 6.54 Å². The van der Waals surface area contributed by atoms with Crippen molar-refractivity contribution in [2.24, 2.45) is 0 Å². The number of carbonyl (C=O) groups excluding carboxylic acids is 2. The number of benzene rings is 2. The molecule has 0 aliphatic carbocycles. The van der Waals surface area contributed by atoms with E-state index in [0.717, 1.165) is 0 Å². The number of hydrogen-bond acceptors (Lipinski definition) is 4. The lowest BCUT2D eigenvalue weighted by Gasteiger charge is -2.09. The summed E-state index contributed by atoms with van der Waals surface area (Å²) < 4.78 is 27.5. The number of fused-ring (bicyclic) bond motifs is 1. The molecule has 2 N–H and O–H groups in total. The van der Waals surface area contributed by atoms with Crippen LogP contribution in [-0.4, -0.2) is 16.7 Å². The molecule has 0 spiro atoms. The maximum atomic E-state index is 13.9. The second kappa shape index (κ2) is 5.69. The van der Waals surface area contributed by atoms with E-state index in [1.165, 1.54) is 6.07 Å². The van der Waals surface area contributed by atoms with Gasteiger partial charge in [0.25, 0.3) is 11.8 Å². The normalized spacial score (nSPS) is 12.5. The van der Waals surface area contributed by atoms with Gasteiger partial charge in [-0.3, -0.25) is 19.7 Å². The van der Waals surface area contributed by atoms with Crippen molar-refractivity contribution >= 4 is 23.2 Å². The van der Waals surface area contributed by atoms with Gasteiger partial charge in [0.05, 0.1) is 27.8 Å². The van der Waals surface area contributed by atoms with Gasteiger partial charge < -0.3 is 10.6 Å². The molecule has 2 aromatic rings. The van der Waals surface area contributed by atoms with Gasteiger partial charge in [-0.15, -0.1) is 0 Å². The fourth-order valence-corrected chi connectivity index (χ4v) is 2.42. The lowest BCUT2D eigenvalue weighted by atomic mass is 10.1. The number of hydrogen-bond donors (Lipinski definition) is 2. The summed E-state index contributed by atoms with van der Waals surface area (Å²) in [5, 5.41) is 15.5. The lowest BCUT2D eigenvalue weighted by molar-refractivity contribution is -0.387. The number of nitrogens with one attached hydrogen (secondary N) is 2. The van der Waals surface area contributed by atoms with Crippen molar-refractivity contribution in [3.8, 4) is 0 Å². The number of carbonyl (C=O) groups is 2. The van der Waals surface area contributed by atoms with E-state index in [1.807, 2.05) is 0 Å². The van der Waals surface area contributed by atoms with Crippen LogP contribution in [0.3, 0.4) is 0 Å². The highest BCUT2D eigenvalue weighted by Gasteiger charge is 2.25. The van der Waals surface area contributed by atoms with E-state index in [9.17, 15) is 28.5 Å². The van der Waals surface area contributed by atoms with E-state index in [2.05, 4.69) is 10.6 Å². The van der Waals surface area contributed by atoms with Crippen LogP contribution in [0.2, 0.25) is 0 Å². The summed E-state index contributed by atoms with van der Waals surface area (Å²) in [4.78, 5) is 33.4. The zero-order chi connectivity index (χ0) is 17.4. The van der Waals surface area contributed by atoms with E-state index in [-0.39, 0.29) is 11.3 Å². The van der Waals surface area contributed by atoms with Gasteiger partial charge in [0.2, 0.25) is 5.82 Å². The van der Waals surface area contributed by atoms with Crippen molar-refractivity contribution < 1.29 is 23.3 Å². The average Bonchev–Trinajstić information content (AvgIpc) is 2.91. The van der Waals surface area contributed by atoms with Crippen LogP contribution in [0.25, 0.3) is 0 Å². The van der Waals surface area contributed by atoms with Gasteiger partial charge in [-0.05, 0) is 17.7 Å². The van der Waals surface area contributed by atoms with Crippen molar-refractivity contribution in [1.82, 2.24) is 5.32 Å². The van der Waals surface area contributed by atoms with Crippen molar-refractivity contribution in [1.29, 1.82) is 0 Å². The molecule has 0 fully saturated rings. The van der Waals surface area contributed by atoms with Crippen LogP contribution in [0.5, 0.6) is 0 Å². The van der Waals surface area contributed by atoms with Crippen LogP contribution < -0.4 is 10.6 Å². The van der Waals surface area contributed by atoms with Gasteiger partial charge in [0, 0.05) is 6.54 Å². The number of amides is 2. The number of rotatable bonds is 3. The second-order valence-electron chi connectivity index (χ2n) is 5.02. The molecule has 122 valence electrons. The first kappa shape index (κ1) is 15.5. The molecule has 0 saturated carbocycles. The van der Waals surface area contributed by atoms with E-state index < -0.39 is 39.6 Å². The Bertz CT molecular complexity index is 899. The maximum absolute atomic E-state index is 13.9. The predicted molar refractivity (Wildman–Crippen MR) is 78.6 cm³/mol. The molecule has 1 heterocycles. The minimum Gasteiger partial charge on any atom is -0.348 e. The number of nitrogens with zero attached hydrogens (tertiary/aromatic N) is 1. The fourth-order valence-electron chi connectivity index (χ4n) is 2.42. The summed E-state index contributed by atoms with van der Waals surface area (Å²) >= 11 is 0. The Kier molecular flexibility index (Phi) is 3.68. The van der Waals surface area contributed by atoms with Crippen LogP contribution in [0.15, 0.2) is 30.3 Å². The van der Waals surface area contributed by atoms with Crippen molar-refractivity contribution in [2.75, 3.05) is 5.32 Å². The predicted octanol–water partition coefficient (Wildman–Crippen LogP) is 2.37. The van der Waals surface area contributed by atoms with Gasteiger partial charge in [0.1, 0.15) is 5.82 Å². The van der Waals surface area contributed by atoms with Crippen LogP contribution in [0.4, 0.5) is 20.2 Å². The van der Waals surface area contributed by atoms with Crippen LogP contribution in [0.1, 0.15) is 26.3 Å². The minimum absolute atomic E-state index is 0.144. The van der Waals surface area contributed by atoms with E-state index in [0.29, 0.717) is 24.2 Å². The van der Waals surface area contributed by atoms with E-state index in [1.54, 1.807) is 12.1 Å². The Balaban J connectivity index is 1.95. The van der Waals surface area contributed by atoms with Crippen molar-refractivity contribution in [3.63, 3.8) is 0 Å². The topological polar surface area (TPSA) is 101 Å². The largest absolute Gasteiger partial charge is 0.348 e. The Morgan fingerprint density at radius 1 is 1.25 bits per heavy atom. The van der Waals surface area contributed by atoms with Gasteiger partial charge in [-0.1, -0.05) is 12.1 Å². The SMILES string of the molecule is O=C(Nc1cccc2c1C(=O)NC2)c1cc(F)c([N+](=O)[O-])cc1F. The Hall–Kier alpha value is -3.36. The molecule has 2 aromatic carbocycles. The molecule has 0 radical (unpaired) electrons. The Morgan fingerprint density at radius 3 is 2.71 bits per heavy atom. The van der Waals surface area contributed by atoms with Crippen molar-refractivity contribution in [3.05, 3.63) is 68.8 Å². The highest BCUT2D eigenvalue weighted by atomic mass is 19.1. The lowest BCUT2D eigenvalue weighted by Crippen LogP contribution is -2.18. The van der Waals surface area contributed by atoms with Gasteiger partial charge in [-0.25, -0.2) is 4.39 Å². The molecule has 0 bridgehead atoms. The van der Waals surface area contributed by atoms with Crippen LogP contribution >= 0.6 is 0 Å². The fraction of sp³-hybridized carbons (Fsp3) is 0.0667. The van der Waals surface area contributed by atoms with Gasteiger partial charge in [0.15, 0.2) is 0 Å². The number of halogens is 2. The third-order valence-electron chi connectivity index (χ3n) is 3.54. The molecule has 0 aromatic heterocycles. The zero-order valence-electron chi connectivity index (χ0n) is 11.9. The Morgan fingerprint density at radius 2 is 2.00 bits per heavy atom. The third-order valence-corrected chi connectivity index (χ3v) is 3.54. The van der Waals surface area contributed by atoms with E-state index in [4.69, 9.17) is 0 Å². The highest BCUT2D eigenvalue weighted by Crippen LogP contribution is 2.26. The number of nitro benzene ring substituents is 1. The molecule has 24 heavy (non-hydrogen) atoms. The smallest absolute Gasteiger partial charge is 0.307 e. The molecular formula is C15H9F2N3O4. The minimum atomic E-state index is -1.33. The molecule has 1 aliphatic heterocycles. The maximum Gasteiger partial charge on any atom is 0.307 e. The first-order valence-corrected chi connectivity index (χ1v) is 6.73. The second-order valence-corrected chi connectivity index (χ2v) is 5.02. The van der Waals surface area contributed by atoms with E-state index >= 15 is 0 Å².